The van der Waals surface area contributed by atoms with Crippen LogP contribution in [0.3, 0.4) is 0 Å². The average Bonchev–Trinajstić information content (AvgIpc) is 3.19. The number of ether oxygens (including phenoxy) is 2. The van der Waals surface area contributed by atoms with Crippen LogP contribution in [-0.4, -0.2) is 23.8 Å². The van der Waals surface area contributed by atoms with Gasteiger partial charge in [0.2, 0.25) is 6.79 Å². The lowest BCUT2D eigenvalue weighted by molar-refractivity contribution is 0.0946. The Bertz CT molecular complexity index is 965. The lowest BCUT2D eigenvalue weighted by Crippen LogP contribution is -2.27. The third kappa shape index (κ3) is 2.91. The number of hydrogen-bond acceptors (Lipinski definition) is 3. The number of benzene rings is 2. The number of halogens is 1. The number of amides is 1. The van der Waals surface area contributed by atoms with Gasteiger partial charge in [-0.05, 0) is 48.4 Å². The molecule has 0 atom stereocenters. The average molecular weight is 340 g/mol. The topological polar surface area (TPSA) is 52.5 Å². The van der Waals surface area contributed by atoms with Crippen molar-refractivity contribution in [1.29, 1.82) is 0 Å². The van der Waals surface area contributed by atoms with E-state index in [0.29, 0.717) is 24.2 Å². The van der Waals surface area contributed by atoms with E-state index in [-0.39, 0.29) is 18.5 Å². The van der Waals surface area contributed by atoms with Gasteiger partial charge in [-0.1, -0.05) is 6.07 Å². The molecular formula is C19H17FN2O3. The van der Waals surface area contributed by atoms with Crippen LogP contribution in [0.25, 0.3) is 10.9 Å². The quantitative estimate of drug-likeness (QED) is 0.794. The van der Waals surface area contributed by atoms with Crippen molar-refractivity contribution in [2.45, 2.75) is 6.42 Å². The van der Waals surface area contributed by atoms with Crippen LogP contribution in [0, 0.1) is 5.82 Å². The van der Waals surface area contributed by atoms with Crippen molar-refractivity contribution >= 4 is 16.8 Å². The van der Waals surface area contributed by atoms with Gasteiger partial charge in [0.25, 0.3) is 5.91 Å². The Balaban J connectivity index is 1.43. The molecule has 0 unspecified atom stereocenters. The number of carbonyl (C=O) groups is 1. The summed E-state index contributed by atoms with van der Waals surface area (Å²) < 4.78 is 25.7. The van der Waals surface area contributed by atoms with Crippen molar-refractivity contribution in [3.05, 3.63) is 59.5 Å². The molecule has 1 aromatic heterocycles. The Morgan fingerprint density at radius 2 is 2.00 bits per heavy atom. The third-order valence-electron chi connectivity index (χ3n) is 4.38. The molecule has 0 spiro atoms. The van der Waals surface area contributed by atoms with Crippen LogP contribution in [0.4, 0.5) is 4.39 Å². The second kappa shape index (κ2) is 6.12. The molecule has 2 heterocycles. The highest BCUT2D eigenvalue weighted by Crippen LogP contribution is 2.32. The van der Waals surface area contributed by atoms with Gasteiger partial charge in [-0.15, -0.1) is 0 Å². The number of nitrogens with zero attached hydrogens (tertiary/aromatic N) is 1. The highest BCUT2D eigenvalue weighted by atomic mass is 19.1. The Kier molecular flexibility index (Phi) is 3.80. The SMILES string of the molecule is Cn1c(C(=O)NCCc2ccc3c(c2)OCO3)cc2ccc(F)cc21. The first-order valence-electron chi connectivity index (χ1n) is 8.03. The molecule has 1 aliphatic heterocycles. The van der Waals surface area contributed by atoms with Gasteiger partial charge in [-0.25, -0.2) is 4.39 Å². The second-order valence-corrected chi connectivity index (χ2v) is 5.99. The third-order valence-corrected chi connectivity index (χ3v) is 4.38. The molecule has 5 nitrogen and oxygen atoms in total. The van der Waals surface area contributed by atoms with E-state index < -0.39 is 0 Å². The predicted octanol–water partition coefficient (Wildman–Crippen LogP) is 3.02. The summed E-state index contributed by atoms with van der Waals surface area (Å²) in [5, 5.41) is 3.74. The summed E-state index contributed by atoms with van der Waals surface area (Å²) in [7, 11) is 1.76. The Morgan fingerprint density at radius 1 is 1.16 bits per heavy atom. The number of nitrogens with one attached hydrogen (secondary N) is 1. The highest BCUT2D eigenvalue weighted by molar-refractivity contribution is 5.98. The van der Waals surface area contributed by atoms with Crippen LogP contribution in [0.2, 0.25) is 0 Å². The number of carbonyl (C=O) groups excluding carboxylic acids is 1. The summed E-state index contributed by atoms with van der Waals surface area (Å²) in [5.74, 6) is 0.985. The maximum atomic E-state index is 13.4. The molecule has 1 amide bonds. The van der Waals surface area contributed by atoms with E-state index in [0.717, 1.165) is 22.4 Å². The van der Waals surface area contributed by atoms with Gasteiger partial charge in [0.1, 0.15) is 11.5 Å². The first-order chi connectivity index (χ1) is 12.1. The minimum Gasteiger partial charge on any atom is -0.454 e. The van der Waals surface area contributed by atoms with Gasteiger partial charge in [0, 0.05) is 19.0 Å². The maximum absolute atomic E-state index is 13.4. The van der Waals surface area contributed by atoms with E-state index in [4.69, 9.17) is 9.47 Å². The molecule has 0 radical (unpaired) electrons. The Morgan fingerprint density at radius 3 is 2.88 bits per heavy atom. The summed E-state index contributed by atoms with van der Waals surface area (Å²) in [6.07, 6.45) is 0.681. The number of fused-ring (bicyclic) bond motifs is 2. The van der Waals surface area contributed by atoms with Gasteiger partial charge in [-0.3, -0.25) is 4.79 Å². The molecule has 3 aromatic rings. The first-order valence-corrected chi connectivity index (χ1v) is 8.03. The fourth-order valence-corrected chi connectivity index (χ4v) is 3.03. The van der Waals surface area contributed by atoms with Crippen molar-refractivity contribution in [1.82, 2.24) is 9.88 Å². The van der Waals surface area contributed by atoms with Crippen LogP contribution in [0.1, 0.15) is 16.1 Å². The lowest BCUT2D eigenvalue weighted by Gasteiger charge is -2.07. The van der Waals surface area contributed by atoms with Crippen LogP contribution in [0.5, 0.6) is 11.5 Å². The highest BCUT2D eigenvalue weighted by Gasteiger charge is 2.15. The minimum absolute atomic E-state index is 0.181. The maximum Gasteiger partial charge on any atom is 0.267 e. The molecular weight excluding hydrogens is 323 g/mol. The van der Waals surface area contributed by atoms with Gasteiger partial charge in [0.05, 0.1) is 5.52 Å². The van der Waals surface area contributed by atoms with E-state index in [1.54, 1.807) is 23.7 Å². The second-order valence-electron chi connectivity index (χ2n) is 5.99. The van der Waals surface area contributed by atoms with Crippen molar-refractivity contribution < 1.29 is 18.7 Å². The monoisotopic (exact) mass is 340 g/mol. The fourth-order valence-electron chi connectivity index (χ4n) is 3.03. The minimum atomic E-state index is -0.316. The normalized spacial score (nSPS) is 12.6. The molecule has 0 saturated carbocycles. The van der Waals surface area contributed by atoms with Gasteiger partial charge in [-0.2, -0.15) is 0 Å². The molecule has 4 rings (SSSR count). The molecule has 128 valence electrons. The molecule has 0 bridgehead atoms. The smallest absolute Gasteiger partial charge is 0.267 e. The molecule has 25 heavy (non-hydrogen) atoms. The fraction of sp³-hybridized carbons (Fsp3) is 0.211. The van der Waals surface area contributed by atoms with E-state index >= 15 is 0 Å². The molecule has 0 fully saturated rings. The van der Waals surface area contributed by atoms with Crippen molar-refractivity contribution in [2.24, 2.45) is 7.05 Å². The first kappa shape index (κ1) is 15.5. The van der Waals surface area contributed by atoms with E-state index in [2.05, 4.69) is 5.32 Å². The molecule has 1 N–H and O–H groups in total. The van der Waals surface area contributed by atoms with Crippen LogP contribution < -0.4 is 14.8 Å². The van der Waals surface area contributed by atoms with E-state index in [1.165, 1.54) is 12.1 Å². The Hall–Kier alpha value is -3.02. The molecule has 0 saturated heterocycles. The van der Waals surface area contributed by atoms with E-state index in [1.807, 2.05) is 18.2 Å². The Labute approximate surface area is 144 Å². The summed E-state index contributed by atoms with van der Waals surface area (Å²) in [6, 6.07) is 12.0. The zero-order valence-corrected chi connectivity index (χ0v) is 13.7. The van der Waals surface area contributed by atoms with Gasteiger partial charge in [0.15, 0.2) is 11.5 Å². The number of hydrogen-bond donors (Lipinski definition) is 1. The zero-order valence-electron chi connectivity index (χ0n) is 13.7. The summed E-state index contributed by atoms with van der Waals surface area (Å²) in [5.41, 5.74) is 2.26. The summed E-state index contributed by atoms with van der Waals surface area (Å²) >= 11 is 0. The van der Waals surface area contributed by atoms with Crippen molar-refractivity contribution in [2.75, 3.05) is 13.3 Å². The van der Waals surface area contributed by atoms with Crippen LogP contribution in [0.15, 0.2) is 42.5 Å². The molecule has 0 aliphatic carbocycles. The number of rotatable bonds is 4. The number of aromatic nitrogens is 1. The van der Waals surface area contributed by atoms with Crippen LogP contribution >= 0.6 is 0 Å². The van der Waals surface area contributed by atoms with Gasteiger partial charge >= 0.3 is 0 Å². The molecule has 2 aromatic carbocycles. The van der Waals surface area contributed by atoms with Gasteiger partial charge < -0.3 is 19.4 Å². The summed E-state index contributed by atoms with van der Waals surface area (Å²) in [4.78, 5) is 12.4. The van der Waals surface area contributed by atoms with Crippen molar-refractivity contribution in [3.8, 4) is 11.5 Å². The molecule has 1 aliphatic rings. The number of aryl methyl sites for hydroxylation is 1. The van der Waals surface area contributed by atoms with E-state index in [9.17, 15) is 9.18 Å². The van der Waals surface area contributed by atoms with Crippen LogP contribution in [-0.2, 0) is 13.5 Å². The standard InChI is InChI=1S/C19H17FN2O3/c1-22-15-10-14(20)4-3-13(15)9-16(22)19(23)21-7-6-12-2-5-17-18(8-12)25-11-24-17/h2-5,8-10H,6-7,11H2,1H3,(H,21,23). The largest absolute Gasteiger partial charge is 0.454 e. The zero-order chi connectivity index (χ0) is 17.4. The summed E-state index contributed by atoms with van der Waals surface area (Å²) in [6.45, 7) is 0.742. The lowest BCUT2D eigenvalue weighted by atomic mass is 10.1. The van der Waals surface area contributed by atoms with Crippen molar-refractivity contribution in [3.63, 3.8) is 0 Å². The predicted molar refractivity (Wildman–Crippen MR) is 91.5 cm³/mol. The molecule has 6 heteroatoms.